The van der Waals surface area contributed by atoms with Crippen LogP contribution in [0.5, 0.6) is 0 Å². The van der Waals surface area contributed by atoms with Crippen LogP contribution in [0, 0.1) is 0 Å². The summed E-state index contributed by atoms with van der Waals surface area (Å²) in [6, 6.07) is 16.3. The second kappa shape index (κ2) is 7.25. The Kier molecular flexibility index (Phi) is 4.39. The Morgan fingerprint density at radius 2 is 1.73 bits per heavy atom. The van der Waals surface area contributed by atoms with Crippen LogP contribution in [0.1, 0.15) is 18.7 Å². The van der Waals surface area contributed by atoms with Crippen molar-refractivity contribution in [2.45, 2.75) is 31.8 Å². The minimum atomic E-state index is 0.743. The van der Waals surface area contributed by atoms with Gasteiger partial charge in [0.1, 0.15) is 5.82 Å². The molecule has 0 saturated carbocycles. The van der Waals surface area contributed by atoms with Crippen molar-refractivity contribution in [3.63, 3.8) is 0 Å². The Balaban J connectivity index is 1.27. The van der Waals surface area contributed by atoms with Crippen molar-refractivity contribution in [2.75, 3.05) is 33.2 Å². The highest BCUT2D eigenvalue weighted by Crippen LogP contribution is 2.29. The second-order valence-corrected chi connectivity index (χ2v) is 8.98. The lowest BCUT2D eigenvalue weighted by atomic mass is 10.0. The van der Waals surface area contributed by atoms with Gasteiger partial charge >= 0.3 is 0 Å². The Hall–Kier alpha value is -2.63. The molecule has 0 bridgehead atoms. The number of fused-ring (bicyclic) bond motifs is 4. The van der Waals surface area contributed by atoms with Crippen LogP contribution in [0.2, 0.25) is 0 Å². The minimum Gasteiger partial charge on any atom is -0.361 e. The van der Waals surface area contributed by atoms with Gasteiger partial charge in [0.2, 0.25) is 0 Å². The standard InChI is InChI=1S/C25H29N5/c1-28-11-7-21(8-12-28)29-13-9-25-27-23-17-19(3-5-24(23)30(25)15-14-29)18-2-4-22-20(16-18)6-10-26-22/h2-6,10,16-17,21,26H,7-9,11-15H2,1H3. The third-order valence-corrected chi connectivity index (χ3v) is 7.15. The van der Waals surface area contributed by atoms with Crippen molar-refractivity contribution in [2.24, 2.45) is 0 Å². The molecule has 0 spiro atoms. The molecule has 4 heterocycles. The van der Waals surface area contributed by atoms with Crippen LogP contribution in [-0.2, 0) is 13.0 Å². The van der Waals surface area contributed by atoms with Crippen molar-refractivity contribution >= 4 is 21.9 Å². The van der Waals surface area contributed by atoms with E-state index in [-0.39, 0.29) is 0 Å². The largest absolute Gasteiger partial charge is 0.361 e. The number of nitrogens with one attached hydrogen (secondary N) is 1. The fourth-order valence-corrected chi connectivity index (χ4v) is 5.34. The number of imidazole rings is 1. The molecule has 6 rings (SSSR count). The predicted octanol–water partition coefficient (Wildman–Crippen LogP) is 4.14. The first kappa shape index (κ1) is 18.2. The van der Waals surface area contributed by atoms with Crippen LogP contribution in [0.3, 0.4) is 0 Å². The molecule has 2 aliphatic heterocycles. The highest BCUT2D eigenvalue weighted by molar-refractivity contribution is 5.88. The third kappa shape index (κ3) is 3.13. The molecule has 0 radical (unpaired) electrons. The Bertz CT molecular complexity index is 1190. The first-order valence-electron chi connectivity index (χ1n) is 11.2. The van der Waals surface area contributed by atoms with Crippen LogP contribution >= 0.6 is 0 Å². The van der Waals surface area contributed by atoms with Gasteiger partial charge in [-0.15, -0.1) is 0 Å². The minimum absolute atomic E-state index is 0.743. The van der Waals surface area contributed by atoms with Crippen molar-refractivity contribution in [1.82, 2.24) is 24.3 Å². The van der Waals surface area contributed by atoms with E-state index in [0.717, 1.165) is 37.6 Å². The quantitative estimate of drug-likeness (QED) is 0.551. The van der Waals surface area contributed by atoms with Gasteiger partial charge in [0, 0.05) is 43.8 Å². The summed E-state index contributed by atoms with van der Waals surface area (Å²) in [6.45, 7) is 5.78. The number of rotatable bonds is 2. The molecule has 0 unspecified atom stereocenters. The average Bonchev–Trinajstić information content (AvgIpc) is 3.32. The molecule has 154 valence electrons. The van der Waals surface area contributed by atoms with Crippen LogP contribution in [0.15, 0.2) is 48.7 Å². The highest BCUT2D eigenvalue weighted by Gasteiger charge is 2.26. The lowest BCUT2D eigenvalue weighted by Crippen LogP contribution is -2.44. The van der Waals surface area contributed by atoms with Crippen molar-refractivity contribution in [3.8, 4) is 11.1 Å². The van der Waals surface area contributed by atoms with Gasteiger partial charge < -0.3 is 14.5 Å². The van der Waals surface area contributed by atoms with Crippen LogP contribution in [-0.4, -0.2) is 63.6 Å². The molecule has 1 fully saturated rings. The van der Waals surface area contributed by atoms with Crippen molar-refractivity contribution in [1.29, 1.82) is 0 Å². The summed E-state index contributed by atoms with van der Waals surface area (Å²) in [7, 11) is 2.24. The fraction of sp³-hybridized carbons (Fsp3) is 0.400. The molecule has 1 N–H and O–H groups in total. The van der Waals surface area contributed by atoms with Gasteiger partial charge in [-0.25, -0.2) is 4.98 Å². The lowest BCUT2D eigenvalue weighted by molar-refractivity contribution is 0.123. The number of aromatic amines is 1. The maximum atomic E-state index is 5.07. The molecule has 0 atom stereocenters. The number of aromatic nitrogens is 3. The van der Waals surface area contributed by atoms with Gasteiger partial charge in [-0.05, 0) is 79.8 Å². The predicted molar refractivity (Wildman–Crippen MR) is 123 cm³/mol. The van der Waals surface area contributed by atoms with Gasteiger partial charge in [-0.1, -0.05) is 12.1 Å². The molecular weight excluding hydrogens is 370 g/mol. The summed E-state index contributed by atoms with van der Waals surface area (Å²) in [5.41, 5.74) is 6.08. The summed E-state index contributed by atoms with van der Waals surface area (Å²) in [5, 5.41) is 1.25. The van der Waals surface area contributed by atoms with Gasteiger partial charge in [0.05, 0.1) is 11.0 Å². The zero-order valence-electron chi connectivity index (χ0n) is 17.6. The molecule has 1 saturated heterocycles. The van der Waals surface area contributed by atoms with E-state index in [4.69, 9.17) is 4.98 Å². The van der Waals surface area contributed by atoms with Gasteiger partial charge in [0.15, 0.2) is 0 Å². The molecule has 2 aromatic heterocycles. The molecule has 0 amide bonds. The van der Waals surface area contributed by atoms with Crippen LogP contribution < -0.4 is 0 Å². The van der Waals surface area contributed by atoms with E-state index in [1.54, 1.807) is 0 Å². The van der Waals surface area contributed by atoms with E-state index < -0.39 is 0 Å². The molecule has 30 heavy (non-hydrogen) atoms. The number of likely N-dealkylation sites (tertiary alicyclic amines) is 1. The monoisotopic (exact) mass is 399 g/mol. The Morgan fingerprint density at radius 1 is 0.900 bits per heavy atom. The Labute approximate surface area is 177 Å². The van der Waals surface area contributed by atoms with Crippen LogP contribution in [0.25, 0.3) is 33.1 Å². The van der Waals surface area contributed by atoms with Gasteiger partial charge in [-0.3, -0.25) is 4.90 Å². The molecule has 2 aromatic carbocycles. The summed E-state index contributed by atoms with van der Waals surface area (Å²) >= 11 is 0. The lowest BCUT2D eigenvalue weighted by Gasteiger charge is -2.36. The molecule has 0 aliphatic carbocycles. The molecule has 5 nitrogen and oxygen atoms in total. The number of hydrogen-bond acceptors (Lipinski definition) is 3. The maximum Gasteiger partial charge on any atom is 0.111 e. The first-order valence-corrected chi connectivity index (χ1v) is 11.2. The van der Waals surface area contributed by atoms with Crippen molar-refractivity contribution < 1.29 is 0 Å². The van der Waals surface area contributed by atoms with Gasteiger partial charge in [-0.2, -0.15) is 0 Å². The van der Waals surface area contributed by atoms with Crippen molar-refractivity contribution in [3.05, 3.63) is 54.5 Å². The zero-order valence-corrected chi connectivity index (χ0v) is 17.6. The maximum absolute atomic E-state index is 5.07. The average molecular weight is 400 g/mol. The Morgan fingerprint density at radius 3 is 2.63 bits per heavy atom. The number of piperidine rings is 1. The smallest absolute Gasteiger partial charge is 0.111 e. The third-order valence-electron chi connectivity index (χ3n) is 7.15. The van der Waals surface area contributed by atoms with Crippen LogP contribution in [0.4, 0.5) is 0 Å². The van der Waals surface area contributed by atoms with E-state index in [1.807, 2.05) is 6.20 Å². The van der Waals surface area contributed by atoms with Gasteiger partial charge in [0.25, 0.3) is 0 Å². The first-order chi connectivity index (χ1) is 14.7. The summed E-state index contributed by atoms with van der Waals surface area (Å²) in [5.74, 6) is 1.25. The van der Waals surface area contributed by atoms with E-state index >= 15 is 0 Å². The zero-order chi connectivity index (χ0) is 20.1. The molecular formula is C25H29N5. The summed E-state index contributed by atoms with van der Waals surface area (Å²) < 4.78 is 2.46. The number of nitrogens with zero attached hydrogens (tertiary/aromatic N) is 4. The topological polar surface area (TPSA) is 40.1 Å². The SMILES string of the molecule is CN1CCC(N2CCc3nc4cc(-c5ccc6[nH]ccc6c5)ccc4n3CC2)CC1. The second-order valence-electron chi connectivity index (χ2n) is 8.98. The van der Waals surface area contributed by atoms with E-state index in [9.17, 15) is 0 Å². The number of H-pyrrole nitrogens is 1. The molecule has 2 aliphatic rings. The summed E-state index contributed by atoms with van der Waals surface area (Å²) in [4.78, 5) is 13.5. The fourth-order valence-electron chi connectivity index (χ4n) is 5.34. The van der Waals surface area contributed by atoms with E-state index in [2.05, 4.69) is 68.9 Å². The number of hydrogen-bond donors (Lipinski definition) is 1. The summed E-state index contributed by atoms with van der Waals surface area (Å²) in [6.07, 6.45) is 5.65. The number of benzene rings is 2. The highest BCUT2D eigenvalue weighted by atomic mass is 15.2. The van der Waals surface area contributed by atoms with E-state index in [1.165, 1.54) is 59.3 Å². The molecule has 5 heteroatoms. The van der Waals surface area contributed by atoms with E-state index in [0.29, 0.717) is 0 Å². The normalized spacial score (nSPS) is 19.4. The molecule has 4 aromatic rings.